The van der Waals surface area contributed by atoms with Crippen LogP contribution in [0.25, 0.3) is 0 Å². The molecule has 1 aliphatic heterocycles. The van der Waals surface area contributed by atoms with E-state index >= 15 is 0 Å². The molecule has 0 amide bonds. The third-order valence-electron chi connectivity index (χ3n) is 4.11. The molecule has 1 fully saturated rings. The standard InChI is InChI=1S/C16H25N/c1-12(2)16-6-5-15(11-13(16)3)14-7-9-17(4)10-8-14/h5-6,11-12,14H,7-10H2,1-4H3. The second-order valence-corrected chi connectivity index (χ2v) is 5.85. The Kier molecular flexibility index (Phi) is 3.88. The number of nitrogens with zero attached hydrogens (tertiary/aromatic N) is 1. The second kappa shape index (κ2) is 5.22. The molecule has 0 N–H and O–H groups in total. The van der Waals surface area contributed by atoms with Gasteiger partial charge in [-0.15, -0.1) is 0 Å². The van der Waals surface area contributed by atoms with Crippen LogP contribution in [0.15, 0.2) is 18.2 Å². The van der Waals surface area contributed by atoms with E-state index in [9.17, 15) is 0 Å². The van der Waals surface area contributed by atoms with E-state index in [0.717, 1.165) is 5.92 Å². The lowest BCUT2D eigenvalue weighted by atomic mass is 9.86. The van der Waals surface area contributed by atoms with Crippen LogP contribution in [-0.4, -0.2) is 25.0 Å². The summed E-state index contributed by atoms with van der Waals surface area (Å²) in [6.45, 7) is 9.30. The van der Waals surface area contributed by atoms with Crippen molar-refractivity contribution < 1.29 is 0 Å². The zero-order chi connectivity index (χ0) is 12.4. The van der Waals surface area contributed by atoms with Crippen molar-refractivity contribution in [1.82, 2.24) is 4.90 Å². The van der Waals surface area contributed by atoms with Crippen LogP contribution in [0.5, 0.6) is 0 Å². The zero-order valence-corrected chi connectivity index (χ0v) is 11.7. The molecule has 1 aromatic rings. The summed E-state index contributed by atoms with van der Waals surface area (Å²) in [6, 6.07) is 7.12. The first-order valence-corrected chi connectivity index (χ1v) is 6.87. The van der Waals surface area contributed by atoms with Gasteiger partial charge in [0.15, 0.2) is 0 Å². The first-order valence-electron chi connectivity index (χ1n) is 6.87. The van der Waals surface area contributed by atoms with Gasteiger partial charge in [-0.2, -0.15) is 0 Å². The summed E-state index contributed by atoms with van der Waals surface area (Å²) >= 11 is 0. The maximum Gasteiger partial charge on any atom is -0.00159 e. The molecule has 0 aliphatic carbocycles. The maximum atomic E-state index is 2.44. The fourth-order valence-electron chi connectivity index (χ4n) is 2.94. The minimum Gasteiger partial charge on any atom is -0.306 e. The van der Waals surface area contributed by atoms with Crippen LogP contribution in [0.4, 0.5) is 0 Å². The Balaban J connectivity index is 2.14. The van der Waals surface area contributed by atoms with E-state index in [4.69, 9.17) is 0 Å². The molecule has 0 bridgehead atoms. The van der Waals surface area contributed by atoms with Gasteiger partial charge in [-0.25, -0.2) is 0 Å². The minimum atomic E-state index is 0.640. The van der Waals surface area contributed by atoms with Crippen LogP contribution < -0.4 is 0 Å². The molecule has 0 atom stereocenters. The molecular weight excluding hydrogens is 206 g/mol. The van der Waals surface area contributed by atoms with Crippen LogP contribution in [-0.2, 0) is 0 Å². The maximum absolute atomic E-state index is 2.44. The van der Waals surface area contributed by atoms with Crippen LogP contribution >= 0.6 is 0 Å². The number of aryl methyl sites for hydroxylation is 1. The van der Waals surface area contributed by atoms with Crippen LogP contribution in [0, 0.1) is 6.92 Å². The van der Waals surface area contributed by atoms with Crippen molar-refractivity contribution >= 4 is 0 Å². The molecule has 0 saturated carbocycles. The molecule has 1 heterocycles. The summed E-state index contributed by atoms with van der Waals surface area (Å²) in [5.74, 6) is 1.42. The number of benzene rings is 1. The fraction of sp³-hybridized carbons (Fsp3) is 0.625. The highest BCUT2D eigenvalue weighted by Crippen LogP contribution is 2.30. The number of hydrogen-bond acceptors (Lipinski definition) is 1. The molecule has 1 heteroatoms. The third kappa shape index (κ3) is 2.90. The lowest BCUT2D eigenvalue weighted by molar-refractivity contribution is 0.255. The van der Waals surface area contributed by atoms with Crippen LogP contribution in [0.1, 0.15) is 55.2 Å². The smallest absolute Gasteiger partial charge is 0.00159 e. The summed E-state index contributed by atoms with van der Waals surface area (Å²) in [6.07, 6.45) is 2.63. The predicted octanol–water partition coefficient (Wildman–Crippen LogP) is 3.93. The van der Waals surface area contributed by atoms with Crippen molar-refractivity contribution in [3.05, 3.63) is 34.9 Å². The molecule has 1 saturated heterocycles. The molecule has 94 valence electrons. The summed E-state index contributed by atoms with van der Waals surface area (Å²) in [4.78, 5) is 2.44. The van der Waals surface area contributed by atoms with Crippen LogP contribution in [0.2, 0.25) is 0 Å². The normalized spacial score (nSPS) is 18.9. The largest absolute Gasteiger partial charge is 0.306 e. The first kappa shape index (κ1) is 12.6. The number of likely N-dealkylation sites (tertiary alicyclic amines) is 1. The Morgan fingerprint density at radius 2 is 1.82 bits per heavy atom. The van der Waals surface area contributed by atoms with Gasteiger partial charge in [0.2, 0.25) is 0 Å². The average molecular weight is 231 g/mol. The van der Waals surface area contributed by atoms with Crippen molar-refractivity contribution in [3.8, 4) is 0 Å². The van der Waals surface area contributed by atoms with E-state index in [0.29, 0.717) is 5.92 Å². The average Bonchev–Trinajstić information content (AvgIpc) is 2.29. The van der Waals surface area contributed by atoms with Gasteiger partial charge in [-0.1, -0.05) is 32.0 Å². The zero-order valence-electron chi connectivity index (χ0n) is 11.7. The SMILES string of the molecule is Cc1cc(C2CCN(C)CC2)ccc1C(C)C. The third-order valence-corrected chi connectivity index (χ3v) is 4.11. The van der Waals surface area contributed by atoms with E-state index in [-0.39, 0.29) is 0 Å². The van der Waals surface area contributed by atoms with E-state index in [1.54, 1.807) is 5.56 Å². The molecule has 1 aromatic carbocycles. The van der Waals surface area contributed by atoms with Gasteiger partial charge >= 0.3 is 0 Å². The minimum absolute atomic E-state index is 0.640. The first-order chi connectivity index (χ1) is 8.08. The fourth-order valence-corrected chi connectivity index (χ4v) is 2.94. The molecule has 1 aliphatic rings. The van der Waals surface area contributed by atoms with Crippen molar-refractivity contribution in [1.29, 1.82) is 0 Å². The summed E-state index contributed by atoms with van der Waals surface area (Å²) < 4.78 is 0. The molecule has 1 nitrogen and oxygen atoms in total. The molecule has 0 unspecified atom stereocenters. The Hall–Kier alpha value is -0.820. The van der Waals surface area contributed by atoms with E-state index < -0.39 is 0 Å². The number of piperidine rings is 1. The van der Waals surface area contributed by atoms with E-state index in [1.807, 2.05) is 0 Å². The van der Waals surface area contributed by atoms with Crippen molar-refractivity contribution in [2.45, 2.75) is 45.4 Å². The summed E-state index contributed by atoms with van der Waals surface area (Å²) in [5, 5.41) is 0. The quantitative estimate of drug-likeness (QED) is 0.745. The molecule has 0 spiro atoms. The summed E-state index contributed by atoms with van der Waals surface area (Å²) in [7, 11) is 2.23. The monoisotopic (exact) mass is 231 g/mol. The predicted molar refractivity (Wildman–Crippen MR) is 74.7 cm³/mol. The Morgan fingerprint density at radius 1 is 1.18 bits per heavy atom. The van der Waals surface area contributed by atoms with Gasteiger partial charge in [0.25, 0.3) is 0 Å². The van der Waals surface area contributed by atoms with Gasteiger partial charge in [0, 0.05) is 0 Å². The van der Waals surface area contributed by atoms with Crippen molar-refractivity contribution in [2.75, 3.05) is 20.1 Å². The number of rotatable bonds is 2. The van der Waals surface area contributed by atoms with E-state index in [2.05, 4.69) is 50.9 Å². The van der Waals surface area contributed by atoms with Crippen molar-refractivity contribution in [2.24, 2.45) is 0 Å². The number of hydrogen-bond donors (Lipinski definition) is 0. The molecule has 17 heavy (non-hydrogen) atoms. The highest BCUT2D eigenvalue weighted by Gasteiger charge is 2.18. The highest BCUT2D eigenvalue weighted by atomic mass is 15.1. The van der Waals surface area contributed by atoms with Gasteiger partial charge < -0.3 is 4.90 Å². The van der Waals surface area contributed by atoms with Gasteiger partial charge in [-0.3, -0.25) is 0 Å². The Morgan fingerprint density at radius 3 is 2.35 bits per heavy atom. The van der Waals surface area contributed by atoms with E-state index in [1.165, 1.54) is 37.1 Å². The second-order valence-electron chi connectivity index (χ2n) is 5.85. The Bertz CT molecular complexity index is 373. The lowest BCUT2D eigenvalue weighted by Crippen LogP contribution is -2.29. The molecule has 0 radical (unpaired) electrons. The summed E-state index contributed by atoms with van der Waals surface area (Å²) in [5.41, 5.74) is 4.53. The highest BCUT2D eigenvalue weighted by molar-refractivity contribution is 5.34. The molecule has 2 rings (SSSR count). The topological polar surface area (TPSA) is 3.24 Å². The van der Waals surface area contributed by atoms with Crippen molar-refractivity contribution in [3.63, 3.8) is 0 Å². The van der Waals surface area contributed by atoms with Gasteiger partial charge in [0.1, 0.15) is 0 Å². The van der Waals surface area contributed by atoms with Gasteiger partial charge in [-0.05, 0) is 68.4 Å². The molecule has 0 aromatic heterocycles. The Labute approximate surface area is 106 Å². The van der Waals surface area contributed by atoms with Crippen LogP contribution in [0.3, 0.4) is 0 Å². The lowest BCUT2D eigenvalue weighted by Gasteiger charge is -2.29. The molecular formula is C16H25N. The van der Waals surface area contributed by atoms with Gasteiger partial charge in [0.05, 0.1) is 0 Å².